The minimum absolute atomic E-state index is 0.407. The van der Waals surface area contributed by atoms with Gasteiger partial charge < -0.3 is 9.47 Å². The number of hydrogen-bond acceptors (Lipinski definition) is 2. The van der Waals surface area contributed by atoms with Crippen molar-refractivity contribution in [2.75, 3.05) is 19.8 Å². The Morgan fingerprint density at radius 1 is 1.12 bits per heavy atom. The molecule has 0 aromatic heterocycles. The first kappa shape index (κ1) is 11.6. The standard InChI is InChI=1S/C14H20O2/c1-3-7-13(8-4-1)9-5-2-6-10-15-11-14-12-16-14/h1,3-4,7-8,14H,2,5-6,9-12H2. The number of benzene rings is 1. The van der Waals surface area contributed by atoms with Gasteiger partial charge in [0.1, 0.15) is 6.10 Å². The monoisotopic (exact) mass is 220 g/mol. The Bertz CT molecular complexity index is 280. The van der Waals surface area contributed by atoms with Crippen molar-refractivity contribution in [2.45, 2.75) is 31.8 Å². The first-order chi connectivity index (χ1) is 7.95. The van der Waals surface area contributed by atoms with Crippen LogP contribution in [0.15, 0.2) is 30.3 Å². The maximum Gasteiger partial charge on any atom is 0.104 e. The largest absolute Gasteiger partial charge is 0.379 e. The lowest BCUT2D eigenvalue weighted by atomic mass is 10.1. The Balaban J connectivity index is 1.42. The molecule has 0 bridgehead atoms. The zero-order valence-corrected chi connectivity index (χ0v) is 9.73. The minimum Gasteiger partial charge on any atom is -0.379 e. The summed E-state index contributed by atoms with van der Waals surface area (Å²) in [5.74, 6) is 0. The van der Waals surface area contributed by atoms with Gasteiger partial charge in [-0.05, 0) is 24.8 Å². The normalized spacial score (nSPS) is 18.6. The summed E-state index contributed by atoms with van der Waals surface area (Å²) in [5, 5.41) is 0. The zero-order chi connectivity index (χ0) is 11.1. The van der Waals surface area contributed by atoms with Crippen LogP contribution in [0.4, 0.5) is 0 Å². The Labute approximate surface area is 97.6 Å². The van der Waals surface area contributed by atoms with Crippen LogP contribution >= 0.6 is 0 Å². The second-order valence-corrected chi connectivity index (χ2v) is 4.33. The van der Waals surface area contributed by atoms with Gasteiger partial charge in [0, 0.05) is 6.61 Å². The molecule has 0 aliphatic carbocycles. The summed E-state index contributed by atoms with van der Waals surface area (Å²) >= 11 is 0. The van der Waals surface area contributed by atoms with E-state index in [9.17, 15) is 0 Å². The Kier molecular flexibility index (Phi) is 4.84. The average molecular weight is 220 g/mol. The summed E-state index contributed by atoms with van der Waals surface area (Å²) in [4.78, 5) is 0. The molecular weight excluding hydrogens is 200 g/mol. The van der Waals surface area contributed by atoms with Gasteiger partial charge in [0.2, 0.25) is 0 Å². The quantitative estimate of drug-likeness (QED) is 0.496. The predicted octanol–water partition coefficient (Wildman–Crippen LogP) is 2.81. The van der Waals surface area contributed by atoms with E-state index in [4.69, 9.17) is 9.47 Å². The lowest BCUT2D eigenvalue weighted by Gasteiger charge is -2.03. The highest BCUT2D eigenvalue weighted by molar-refractivity contribution is 5.14. The lowest BCUT2D eigenvalue weighted by Crippen LogP contribution is -2.02. The van der Waals surface area contributed by atoms with Gasteiger partial charge in [-0.1, -0.05) is 36.8 Å². The molecule has 0 radical (unpaired) electrons. The van der Waals surface area contributed by atoms with Crippen LogP contribution in [0, 0.1) is 0 Å². The fourth-order valence-corrected chi connectivity index (χ4v) is 1.73. The maximum atomic E-state index is 5.48. The molecule has 0 N–H and O–H groups in total. The molecule has 0 amide bonds. The summed E-state index contributed by atoms with van der Waals surface area (Å²) in [6.45, 7) is 2.57. The molecule has 2 heteroatoms. The summed E-state index contributed by atoms with van der Waals surface area (Å²) in [5.41, 5.74) is 1.44. The van der Waals surface area contributed by atoms with Gasteiger partial charge in [-0.2, -0.15) is 0 Å². The fourth-order valence-electron chi connectivity index (χ4n) is 1.73. The second-order valence-electron chi connectivity index (χ2n) is 4.33. The smallest absolute Gasteiger partial charge is 0.104 e. The number of epoxide rings is 1. The number of ether oxygens (including phenoxy) is 2. The molecule has 16 heavy (non-hydrogen) atoms. The molecule has 1 unspecified atom stereocenters. The zero-order valence-electron chi connectivity index (χ0n) is 9.73. The van der Waals surface area contributed by atoms with Crippen LogP contribution in [0.3, 0.4) is 0 Å². The van der Waals surface area contributed by atoms with Crippen molar-refractivity contribution in [3.63, 3.8) is 0 Å². The van der Waals surface area contributed by atoms with Crippen molar-refractivity contribution in [1.82, 2.24) is 0 Å². The third-order valence-corrected chi connectivity index (χ3v) is 2.80. The molecule has 1 aliphatic heterocycles. The number of rotatable bonds is 8. The average Bonchev–Trinajstić information content (AvgIpc) is 3.13. The highest BCUT2D eigenvalue weighted by Crippen LogP contribution is 2.09. The molecule has 1 atom stereocenters. The number of unbranched alkanes of at least 4 members (excludes halogenated alkanes) is 2. The third kappa shape index (κ3) is 4.77. The molecule has 1 saturated heterocycles. The molecule has 1 fully saturated rings. The van der Waals surface area contributed by atoms with E-state index in [2.05, 4.69) is 30.3 Å². The lowest BCUT2D eigenvalue weighted by molar-refractivity contribution is 0.113. The minimum atomic E-state index is 0.407. The van der Waals surface area contributed by atoms with E-state index in [0.29, 0.717) is 6.10 Å². The number of hydrogen-bond donors (Lipinski definition) is 0. The van der Waals surface area contributed by atoms with Crippen LogP contribution in [0.2, 0.25) is 0 Å². The van der Waals surface area contributed by atoms with Gasteiger partial charge >= 0.3 is 0 Å². The van der Waals surface area contributed by atoms with Crippen molar-refractivity contribution < 1.29 is 9.47 Å². The Morgan fingerprint density at radius 2 is 1.94 bits per heavy atom. The summed E-state index contributed by atoms with van der Waals surface area (Å²) in [6, 6.07) is 10.7. The number of aryl methyl sites for hydroxylation is 1. The van der Waals surface area contributed by atoms with Crippen molar-refractivity contribution in [3.05, 3.63) is 35.9 Å². The van der Waals surface area contributed by atoms with E-state index in [1.165, 1.54) is 31.2 Å². The Hall–Kier alpha value is -0.860. The van der Waals surface area contributed by atoms with E-state index in [0.717, 1.165) is 19.8 Å². The van der Waals surface area contributed by atoms with Gasteiger partial charge in [-0.25, -0.2) is 0 Å². The van der Waals surface area contributed by atoms with Gasteiger partial charge in [0.05, 0.1) is 13.2 Å². The van der Waals surface area contributed by atoms with Gasteiger partial charge in [-0.15, -0.1) is 0 Å². The van der Waals surface area contributed by atoms with Crippen molar-refractivity contribution >= 4 is 0 Å². The van der Waals surface area contributed by atoms with Crippen LogP contribution in [0.5, 0.6) is 0 Å². The first-order valence-electron chi connectivity index (χ1n) is 6.18. The molecule has 1 aliphatic rings. The van der Waals surface area contributed by atoms with E-state index >= 15 is 0 Å². The summed E-state index contributed by atoms with van der Waals surface area (Å²) in [7, 11) is 0. The van der Waals surface area contributed by atoms with Crippen LogP contribution in [-0.4, -0.2) is 25.9 Å². The topological polar surface area (TPSA) is 21.8 Å². The van der Waals surface area contributed by atoms with Gasteiger partial charge in [-0.3, -0.25) is 0 Å². The Morgan fingerprint density at radius 3 is 2.69 bits per heavy atom. The third-order valence-electron chi connectivity index (χ3n) is 2.80. The van der Waals surface area contributed by atoms with Gasteiger partial charge in [0.15, 0.2) is 0 Å². The summed E-state index contributed by atoms with van der Waals surface area (Å²) < 4.78 is 10.6. The fraction of sp³-hybridized carbons (Fsp3) is 0.571. The highest BCUT2D eigenvalue weighted by Gasteiger charge is 2.21. The predicted molar refractivity (Wildman–Crippen MR) is 64.6 cm³/mol. The van der Waals surface area contributed by atoms with Crippen LogP contribution in [0.1, 0.15) is 24.8 Å². The molecule has 2 rings (SSSR count). The molecule has 0 saturated carbocycles. The molecule has 1 aromatic carbocycles. The van der Waals surface area contributed by atoms with E-state index in [1.54, 1.807) is 0 Å². The molecule has 1 aromatic rings. The van der Waals surface area contributed by atoms with E-state index in [-0.39, 0.29) is 0 Å². The van der Waals surface area contributed by atoms with Crippen LogP contribution < -0.4 is 0 Å². The van der Waals surface area contributed by atoms with Crippen molar-refractivity contribution in [3.8, 4) is 0 Å². The molecule has 0 spiro atoms. The first-order valence-corrected chi connectivity index (χ1v) is 6.18. The van der Waals surface area contributed by atoms with E-state index < -0.39 is 0 Å². The van der Waals surface area contributed by atoms with Crippen molar-refractivity contribution in [1.29, 1.82) is 0 Å². The van der Waals surface area contributed by atoms with Crippen LogP contribution in [-0.2, 0) is 15.9 Å². The van der Waals surface area contributed by atoms with Crippen molar-refractivity contribution in [2.24, 2.45) is 0 Å². The summed E-state index contributed by atoms with van der Waals surface area (Å²) in [6.07, 6.45) is 5.27. The maximum absolute atomic E-state index is 5.48. The van der Waals surface area contributed by atoms with Gasteiger partial charge in [0.25, 0.3) is 0 Å². The highest BCUT2D eigenvalue weighted by atomic mass is 16.6. The molecule has 88 valence electrons. The van der Waals surface area contributed by atoms with Crippen LogP contribution in [0.25, 0.3) is 0 Å². The SMILES string of the molecule is c1ccc(CCCCCOCC2CO2)cc1. The van der Waals surface area contributed by atoms with E-state index in [1.807, 2.05) is 0 Å². The molecular formula is C14H20O2. The molecule has 1 heterocycles. The molecule has 2 nitrogen and oxygen atoms in total. The second kappa shape index (κ2) is 6.66.